The van der Waals surface area contributed by atoms with Gasteiger partial charge in [-0.2, -0.15) is 9.65 Å². The summed E-state index contributed by atoms with van der Waals surface area (Å²) in [5, 5.41) is 8.39. The summed E-state index contributed by atoms with van der Waals surface area (Å²) in [5.74, 6) is 1.48. The Bertz CT molecular complexity index is 759. The molecule has 3 heteroatoms. The second-order valence-electron chi connectivity index (χ2n) is 9.82. The van der Waals surface area contributed by atoms with E-state index in [0.717, 1.165) is 31.3 Å². The van der Waals surface area contributed by atoms with E-state index in [1.54, 1.807) is 6.08 Å². The molecule has 0 heterocycles. The van der Waals surface area contributed by atoms with Gasteiger partial charge in [-0.1, -0.05) is 62.6 Å². The maximum atomic E-state index is 12.7. The molecule has 2 nitrogen and oxygen atoms in total. The molecule has 2 fully saturated rings. The highest BCUT2D eigenvalue weighted by Crippen LogP contribution is 2.36. The Balaban J connectivity index is 1.28. The molecule has 174 valence electrons. The Morgan fingerprint density at radius 3 is 2.38 bits per heavy atom. The van der Waals surface area contributed by atoms with E-state index in [2.05, 4.69) is 31.2 Å². The number of hydrogen-bond donors (Lipinski definition) is 0. The van der Waals surface area contributed by atoms with E-state index in [-0.39, 0.29) is 0 Å². The van der Waals surface area contributed by atoms with E-state index in [1.165, 1.54) is 87.5 Å². The summed E-state index contributed by atoms with van der Waals surface area (Å²) < 4.78 is 19.1. The van der Waals surface area contributed by atoms with E-state index >= 15 is 0 Å². The maximum absolute atomic E-state index is 12.7. The van der Waals surface area contributed by atoms with Crippen LogP contribution in [0.4, 0.5) is 4.39 Å². The van der Waals surface area contributed by atoms with Gasteiger partial charge >= 0.3 is 0 Å². The molecule has 2 aliphatic rings. The molecule has 0 N–H and O–H groups in total. The SMILES string of the molecule is CCCc1ccc(C2CCC(OCC3CCC(CC/C=C/C=C(\F)C#N)CC3)CC2)cc1. The second kappa shape index (κ2) is 13.6. The molecule has 3 rings (SSSR count). The minimum Gasteiger partial charge on any atom is -0.378 e. The smallest absolute Gasteiger partial charge is 0.199 e. The van der Waals surface area contributed by atoms with Gasteiger partial charge < -0.3 is 4.74 Å². The topological polar surface area (TPSA) is 33.0 Å². The van der Waals surface area contributed by atoms with Crippen molar-refractivity contribution in [1.29, 1.82) is 5.26 Å². The van der Waals surface area contributed by atoms with Crippen molar-refractivity contribution < 1.29 is 9.13 Å². The van der Waals surface area contributed by atoms with Crippen LogP contribution in [0.1, 0.15) is 94.6 Å². The molecule has 0 unspecified atom stereocenters. The Hall–Kier alpha value is -1.92. The molecule has 0 atom stereocenters. The van der Waals surface area contributed by atoms with Crippen LogP contribution in [0.25, 0.3) is 0 Å². The van der Waals surface area contributed by atoms with Gasteiger partial charge in [-0.25, -0.2) is 0 Å². The zero-order valence-corrected chi connectivity index (χ0v) is 19.8. The van der Waals surface area contributed by atoms with Gasteiger partial charge in [-0.3, -0.25) is 0 Å². The number of rotatable bonds is 10. The van der Waals surface area contributed by atoms with Gasteiger partial charge in [0.2, 0.25) is 0 Å². The largest absolute Gasteiger partial charge is 0.378 e. The zero-order chi connectivity index (χ0) is 22.6. The van der Waals surface area contributed by atoms with Crippen molar-refractivity contribution in [3.05, 3.63) is 59.4 Å². The van der Waals surface area contributed by atoms with Crippen molar-refractivity contribution in [2.45, 2.75) is 96.0 Å². The number of aryl methyl sites for hydroxylation is 1. The minimum atomic E-state index is -0.726. The Morgan fingerprint density at radius 2 is 1.72 bits per heavy atom. The molecule has 1 aromatic carbocycles. The zero-order valence-electron chi connectivity index (χ0n) is 19.8. The summed E-state index contributed by atoms with van der Waals surface area (Å²) in [6, 6.07) is 10.8. The van der Waals surface area contributed by atoms with Gasteiger partial charge in [0, 0.05) is 6.61 Å². The minimum absolute atomic E-state index is 0.454. The first-order chi connectivity index (χ1) is 15.7. The number of nitrogens with zero attached hydrogens (tertiary/aromatic N) is 1. The number of allylic oxidation sites excluding steroid dienone is 4. The van der Waals surface area contributed by atoms with Gasteiger partial charge in [-0.05, 0) is 92.7 Å². The van der Waals surface area contributed by atoms with Gasteiger partial charge in [-0.15, -0.1) is 0 Å². The average Bonchev–Trinajstić information content (AvgIpc) is 2.84. The van der Waals surface area contributed by atoms with E-state index in [0.29, 0.717) is 12.0 Å². The second-order valence-corrected chi connectivity index (χ2v) is 9.82. The summed E-state index contributed by atoms with van der Waals surface area (Å²) in [6.07, 6.45) is 19.9. The third-order valence-corrected chi connectivity index (χ3v) is 7.42. The van der Waals surface area contributed by atoms with Gasteiger partial charge in [0.05, 0.1) is 6.10 Å². The van der Waals surface area contributed by atoms with Crippen LogP contribution in [0.5, 0.6) is 0 Å². The average molecular weight is 438 g/mol. The first-order valence-corrected chi connectivity index (χ1v) is 12.8. The lowest BCUT2D eigenvalue weighted by Crippen LogP contribution is -2.25. The van der Waals surface area contributed by atoms with Crippen molar-refractivity contribution in [2.24, 2.45) is 11.8 Å². The van der Waals surface area contributed by atoms with E-state index in [1.807, 2.05) is 6.08 Å². The van der Waals surface area contributed by atoms with Crippen LogP contribution < -0.4 is 0 Å². The first kappa shape index (κ1) is 24.7. The fraction of sp³-hybridized carbons (Fsp3) is 0.621. The number of benzene rings is 1. The van der Waals surface area contributed by atoms with Gasteiger partial charge in [0.15, 0.2) is 5.83 Å². The molecular weight excluding hydrogens is 397 g/mol. The highest BCUT2D eigenvalue weighted by Gasteiger charge is 2.25. The quantitative estimate of drug-likeness (QED) is 0.273. The van der Waals surface area contributed by atoms with Gasteiger partial charge in [0.1, 0.15) is 6.07 Å². The summed E-state index contributed by atoms with van der Waals surface area (Å²) in [4.78, 5) is 0. The lowest BCUT2D eigenvalue weighted by molar-refractivity contribution is -0.00474. The summed E-state index contributed by atoms with van der Waals surface area (Å²) in [6.45, 7) is 3.18. The number of nitriles is 1. The van der Waals surface area contributed by atoms with Crippen molar-refractivity contribution >= 4 is 0 Å². The predicted molar refractivity (Wildman–Crippen MR) is 130 cm³/mol. The third-order valence-electron chi connectivity index (χ3n) is 7.42. The van der Waals surface area contributed by atoms with E-state index in [9.17, 15) is 4.39 Å². The lowest BCUT2D eigenvalue weighted by Gasteiger charge is -2.32. The summed E-state index contributed by atoms with van der Waals surface area (Å²) in [5.41, 5.74) is 2.98. The van der Waals surface area contributed by atoms with Crippen molar-refractivity contribution in [3.63, 3.8) is 0 Å². The fourth-order valence-corrected chi connectivity index (χ4v) is 5.38. The molecular formula is C29H40FNO. The Kier molecular flexibility index (Phi) is 10.5. The summed E-state index contributed by atoms with van der Waals surface area (Å²) in [7, 11) is 0. The Morgan fingerprint density at radius 1 is 1.03 bits per heavy atom. The maximum Gasteiger partial charge on any atom is 0.199 e. The molecule has 32 heavy (non-hydrogen) atoms. The molecule has 1 aromatic rings. The van der Waals surface area contributed by atoms with Crippen LogP contribution >= 0.6 is 0 Å². The molecule has 0 radical (unpaired) electrons. The Labute approximate surface area is 194 Å². The lowest BCUT2D eigenvalue weighted by atomic mass is 9.80. The first-order valence-electron chi connectivity index (χ1n) is 12.8. The van der Waals surface area contributed by atoms with E-state index in [4.69, 9.17) is 10.00 Å². The van der Waals surface area contributed by atoms with Crippen LogP contribution in [-0.2, 0) is 11.2 Å². The number of halogens is 1. The standard InChI is InChI=1S/C29H40FNO/c1-2-6-23-13-15-26(16-14-23)27-17-19-29(20-18-27)32-22-25-11-9-24(10-12-25)7-4-3-5-8-28(30)21-31/h3,5,8,13-16,24-25,27,29H,2,4,6-7,9-12,17-20,22H2,1H3/b5-3+,28-8-. The van der Waals surface area contributed by atoms with Crippen LogP contribution in [0.15, 0.2) is 48.3 Å². The third kappa shape index (κ3) is 8.21. The molecule has 0 amide bonds. The fourth-order valence-electron chi connectivity index (χ4n) is 5.38. The normalized spacial score (nSPS) is 26.8. The molecule has 2 aliphatic carbocycles. The van der Waals surface area contributed by atoms with Crippen molar-refractivity contribution in [3.8, 4) is 6.07 Å². The highest BCUT2D eigenvalue weighted by molar-refractivity contribution is 5.26. The van der Waals surface area contributed by atoms with E-state index < -0.39 is 5.83 Å². The van der Waals surface area contributed by atoms with Crippen molar-refractivity contribution in [2.75, 3.05) is 6.61 Å². The van der Waals surface area contributed by atoms with Gasteiger partial charge in [0.25, 0.3) is 0 Å². The summed E-state index contributed by atoms with van der Waals surface area (Å²) >= 11 is 0. The molecule has 2 saturated carbocycles. The molecule has 0 bridgehead atoms. The predicted octanol–water partition coefficient (Wildman–Crippen LogP) is 8.20. The molecule has 0 aromatic heterocycles. The van der Waals surface area contributed by atoms with Crippen molar-refractivity contribution in [1.82, 2.24) is 0 Å². The molecule has 0 aliphatic heterocycles. The van der Waals surface area contributed by atoms with Crippen LogP contribution in [-0.4, -0.2) is 12.7 Å². The van der Waals surface area contributed by atoms with Crippen LogP contribution in [0.2, 0.25) is 0 Å². The highest BCUT2D eigenvalue weighted by atomic mass is 19.1. The molecule has 0 spiro atoms. The van der Waals surface area contributed by atoms with Crippen LogP contribution in [0.3, 0.4) is 0 Å². The number of ether oxygens (including phenoxy) is 1. The molecule has 0 saturated heterocycles. The van der Waals surface area contributed by atoms with Crippen LogP contribution in [0, 0.1) is 23.2 Å². The number of hydrogen-bond acceptors (Lipinski definition) is 2. The monoisotopic (exact) mass is 437 g/mol.